The molecule has 9 heteroatoms. The van der Waals surface area contributed by atoms with Crippen LogP contribution in [0.3, 0.4) is 0 Å². The van der Waals surface area contributed by atoms with Gasteiger partial charge in [-0.2, -0.15) is 0 Å². The smallest absolute Gasteiger partial charge is 0.257 e. The summed E-state index contributed by atoms with van der Waals surface area (Å²) in [5.74, 6) is 6.02. The average Bonchev–Trinajstić information content (AvgIpc) is 2.89. The standard InChI is InChI=1S/C28H28ClN7O/c1-5-36(6-2)16-20-8-9-22(12-24(20)29)35-28(37)21-11-19(13-31-14-21)7-10-23-26-25(15-32-27(23)30)33-17(3)18(4)34-26/h8-9,11-15H,5-6,16H2,1-4H3,(H2,30,32)(H,35,37). The highest BCUT2D eigenvalue weighted by molar-refractivity contribution is 6.31. The molecule has 0 aliphatic rings. The quantitative estimate of drug-likeness (QED) is 0.357. The number of halogens is 1. The minimum absolute atomic E-state index is 0.265. The number of aryl methyl sites for hydroxylation is 2. The van der Waals surface area contributed by atoms with Crippen molar-refractivity contribution in [3.05, 3.63) is 81.5 Å². The Balaban J connectivity index is 1.55. The van der Waals surface area contributed by atoms with E-state index in [1.54, 1.807) is 24.5 Å². The second kappa shape index (κ2) is 11.3. The third-order valence-electron chi connectivity index (χ3n) is 6.08. The van der Waals surface area contributed by atoms with Crippen molar-refractivity contribution in [2.45, 2.75) is 34.2 Å². The number of hydrogen-bond donors (Lipinski definition) is 2. The Bertz CT molecular complexity index is 1540. The Morgan fingerprint density at radius 3 is 2.54 bits per heavy atom. The van der Waals surface area contributed by atoms with Crippen molar-refractivity contribution in [3.8, 4) is 11.8 Å². The topological polar surface area (TPSA) is 110 Å². The van der Waals surface area contributed by atoms with Crippen LogP contribution in [-0.2, 0) is 6.54 Å². The maximum Gasteiger partial charge on any atom is 0.257 e. The second-order valence-electron chi connectivity index (χ2n) is 8.58. The Hall–Kier alpha value is -4.06. The molecule has 3 aromatic heterocycles. The van der Waals surface area contributed by atoms with Crippen molar-refractivity contribution in [2.75, 3.05) is 24.1 Å². The van der Waals surface area contributed by atoms with E-state index in [0.29, 0.717) is 38.4 Å². The van der Waals surface area contributed by atoms with Crippen LogP contribution in [0.4, 0.5) is 11.5 Å². The molecule has 3 heterocycles. The fourth-order valence-electron chi connectivity index (χ4n) is 3.75. The molecular weight excluding hydrogens is 486 g/mol. The SMILES string of the molecule is CCN(CC)Cc1ccc(NC(=O)c2cncc(C#Cc3c(N)ncc4nc(C)c(C)nc34)c2)cc1Cl. The molecule has 4 rings (SSSR count). The lowest BCUT2D eigenvalue weighted by Crippen LogP contribution is -2.22. The summed E-state index contributed by atoms with van der Waals surface area (Å²) in [6.07, 6.45) is 4.66. The molecule has 1 amide bonds. The molecule has 0 radical (unpaired) electrons. The average molecular weight is 514 g/mol. The van der Waals surface area contributed by atoms with Gasteiger partial charge >= 0.3 is 0 Å². The van der Waals surface area contributed by atoms with Gasteiger partial charge in [-0.3, -0.25) is 14.7 Å². The van der Waals surface area contributed by atoms with Gasteiger partial charge in [0.1, 0.15) is 16.9 Å². The number of nitrogens with two attached hydrogens (primary N) is 1. The molecule has 0 saturated carbocycles. The van der Waals surface area contributed by atoms with Crippen LogP contribution in [0.2, 0.25) is 5.02 Å². The summed E-state index contributed by atoms with van der Waals surface area (Å²) in [6, 6.07) is 7.21. The summed E-state index contributed by atoms with van der Waals surface area (Å²) >= 11 is 6.48. The van der Waals surface area contributed by atoms with E-state index in [2.05, 4.69) is 55.8 Å². The Morgan fingerprint density at radius 2 is 1.81 bits per heavy atom. The van der Waals surface area contributed by atoms with E-state index in [1.807, 2.05) is 26.0 Å². The largest absolute Gasteiger partial charge is 0.383 e. The molecule has 3 N–H and O–H groups in total. The minimum atomic E-state index is -0.313. The second-order valence-corrected chi connectivity index (χ2v) is 8.99. The van der Waals surface area contributed by atoms with E-state index in [1.165, 1.54) is 6.20 Å². The number of carbonyl (C=O) groups excluding carboxylic acids is 1. The van der Waals surface area contributed by atoms with Gasteiger partial charge in [0.2, 0.25) is 0 Å². The molecule has 1 aromatic carbocycles. The molecule has 0 aliphatic carbocycles. The molecule has 0 atom stereocenters. The molecule has 0 fully saturated rings. The number of amides is 1. The van der Waals surface area contributed by atoms with Gasteiger partial charge in [0.25, 0.3) is 5.91 Å². The molecule has 0 spiro atoms. The molecule has 0 unspecified atom stereocenters. The van der Waals surface area contributed by atoms with Gasteiger partial charge in [-0.05, 0) is 50.7 Å². The number of pyridine rings is 2. The first kappa shape index (κ1) is 26.0. The van der Waals surface area contributed by atoms with Crippen molar-refractivity contribution in [2.24, 2.45) is 0 Å². The number of aromatic nitrogens is 4. The molecule has 0 aliphatic heterocycles. The van der Waals surface area contributed by atoms with E-state index in [-0.39, 0.29) is 11.7 Å². The molecule has 0 bridgehead atoms. The fraction of sp³-hybridized carbons (Fsp3) is 0.250. The van der Waals surface area contributed by atoms with Crippen LogP contribution < -0.4 is 11.1 Å². The Morgan fingerprint density at radius 1 is 1.05 bits per heavy atom. The zero-order valence-corrected chi connectivity index (χ0v) is 22.0. The van der Waals surface area contributed by atoms with Gasteiger partial charge in [0, 0.05) is 35.2 Å². The number of fused-ring (bicyclic) bond motifs is 1. The maximum atomic E-state index is 12.9. The molecule has 8 nitrogen and oxygen atoms in total. The van der Waals surface area contributed by atoms with Crippen LogP contribution in [0.25, 0.3) is 11.0 Å². The van der Waals surface area contributed by atoms with Gasteiger partial charge in [0.05, 0.1) is 28.7 Å². The lowest BCUT2D eigenvalue weighted by molar-refractivity contribution is 0.102. The van der Waals surface area contributed by atoms with E-state index in [0.717, 1.165) is 36.6 Å². The molecular formula is C28H28ClN7O. The minimum Gasteiger partial charge on any atom is -0.383 e. The third-order valence-corrected chi connectivity index (χ3v) is 6.44. The van der Waals surface area contributed by atoms with E-state index >= 15 is 0 Å². The first-order valence-electron chi connectivity index (χ1n) is 12.0. The Labute approximate surface area is 221 Å². The van der Waals surface area contributed by atoms with Crippen molar-refractivity contribution in [1.82, 2.24) is 24.8 Å². The zero-order chi connectivity index (χ0) is 26.5. The Kier molecular flexibility index (Phi) is 7.97. The van der Waals surface area contributed by atoms with Crippen molar-refractivity contribution in [3.63, 3.8) is 0 Å². The predicted molar refractivity (Wildman–Crippen MR) is 147 cm³/mol. The first-order chi connectivity index (χ1) is 17.8. The number of carbonyl (C=O) groups is 1. The van der Waals surface area contributed by atoms with Crippen molar-refractivity contribution < 1.29 is 4.79 Å². The summed E-state index contributed by atoms with van der Waals surface area (Å²) in [4.78, 5) is 32.7. The number of rotatable bonds is 6. The monoisotopic (exact) mass is 513 g/mol. The van der Waals surface area contributed by atoms with Crippen LogP contribution >= 0.6 is 11.6 Å². The van der Waals surface area contributed by atoms with E-state index < -0.39 is 0 Å². The van der Waals surface area contributed by atoms with Crippen LogP contribution in [0, 0.1) is 25.7 Å². The van der Waals surface area contributed by atoms with Crippen LogP contribution in [0.1, 0.15) is 52.3 Å². The first-order valence-corrected chi connectivity index (χ1v) is 12.4. The summed E-state index contributed by atoms with van der Waals surface area (Å²) in [6.45, 7) is 10.6. The lowest BCUT2D eigenvalue weighted by Gasteiger charge is -2.19. The highest BCUT2D eigenvalue weighted by Crippen LogP contribution is 2.23. The van der Waals surface area contributed by atoms with E-state index in [9.17, 15) is 4.79 Å². The summed E-state index contributed by atoms with van der Waals surface area (Å²) in [7, 11) is 0. The van der Waals surface area contributed by atoms with Gasteiger partial charge in [0.15, 0.2) is 0 Å². The van der Waals surface area contributed by atoms with Crippen LogP contribution in [0.5, 0.6) is 0 Å². The van der Waals surface area contributed by atoms with Crippen LogP contribution in [-0.4, -0.2) is 43.8 Å². The normalized spacial score (nSPS) is 10.9. The van der Waals surface area contributed by atoms with E-state index in [4.69, 9.17) is 17.3 Å². The highest BCUT2D eigenvalue weighted by atomic mass is 35.5. The highest BCUT2D eigenvalue weighted by Gasteiger charge is 2.12. The number of hydrogen-bond acceptors (Lipinski definition) is 7. The number of anilines is 2. The lowest BCUT2D eigenvalue weighted by atomic mass is 10.1. The zero-order valence-electron chi connectivity index (χ0n) is 21.3. The van der Waals surface area contributed by atoms with Gasteiger partial charge in [-0.25, -0.2) is 15.0 Å². The molecule has 0 saturated heterocycles. The third kappa shape index (κ3) is 6.02. The number of nitrogen functional groups attached to an aromatic ring is 1. The van der Waals surface area contributed by atoms with Gasteiger partial charge in [-0.15, -0.1) is 0 Å². The van der Waals surface area contributed by atoms with Gasteiger partial charge in [-0.1, -0.05) is 43.4 Å². The summed E-state index contributed by atoms with van der Waals surface area (Å²) in [5.41, 5.74) is 11.9. The molecule has 37 heavy (non-hydrogen) atoms. The maximum absolute atomic E-state index is 12.9. The number of nitrogens with one attached hydrogen (secondary N) is 1. The molecule has 188 valence electrons. The van der Waals surface area contributed by atoms with Crippen LogP contribution in [0.15, 0.2) is 42.9 Å². The fourth-order valence-corrected chi connectivity index (χ4v) is 3.99. The van der Waals surface area contributed by atoms with Crippen molar-refractivity contribution in [1.29, 1.82) is 0 Å². The molecule has 4 aromatic rings. The van der Waals surface area contributed by atoms with Gasteiger partial charge < -0.3 is 11.1 Å². The summed E-state index contributed by atoms with van der Waals surface area (Å²) in [5, 5.41) is 3.49. The number of benzene rings is 1. The summed E-state index contributed by atoms with van der Waals surface area (Å²) < 4.78 is 0. The predicted octanol–water partition coefficient (Wildman–Crippen LogP) is 4.77. The number of nitrogens with zero attached hydrogens (tertiary/aromatic N) is 5. The van der Waals surface area contributed by atoms with Crippen molar-refractivity contribution >= 4 is 40.0 Å².